The molecule has 1 heterocycles. The van der Waals surface area contributed by atoms with Crippen LogP contribution >= 0.6 is 0 Å². The molecule has 4 rings (SSSR count). The highest BCUT2D eigenvalue weighted by Crippen LogP contribution is 2.67. The lowest BCUT2D eigenvalue weighted by Gasteiger charge is -2.59. The van der Waals surface area contributed by atoms with Crippen molar-refractivity contribution in [3.63, 3.8) is 0 Å². The molecule has 4 heteroatoms. The maximum atomic E-state index is 12.2. The fourth-order valence-corrected chi connectivity index (χ4v) is 4.76. The lowest BCUT2D eigenvalue weighted by molar-refractivity contribution is -0.209. The number of carbonyl (C=O) groups is 2. The van der Waals surface area contributed by atoms with E-state index in [1.807, 2.05) is 0 Å². The van der Waals surface area contributed by atoms with Gasteiger partial charge in [-0.05, 0) is 25.2 Å². The normalized spacial score (nSPS) is 45.4. The van der Waals surface area contributed by atoms with Crippen molar-refractivity contribution in [2.24, 2.45) is 22.7 Å². The second-order valence-electron chi connectivity index (χ2n) is 7.10. The maximum absolute atomic E-state index is 12.2. The molecule has 0 spiro atoms. The first-order chi connectivity index (χ1) is 9.35. The summed E-state index contributed by atoms with van der Waals surface area (Å²) in [7, 11) is 0. The minimum atomic E-state index is -0.429. The molecule has 1 aliphatic heterocycles. The fraction of sp³-hybridized carbons (Fsp3) is 0.750. The van der Waals surface area contributed by atoms with Gasteiger partial charge in [0, 0.05) is 16.9 Å². The van der Waals surface area contributed by atoms with Gasteiger partial charge in [-0.25, -0.2) is 4.79 Å². The van der Waals surface area contributed by atoms with Crippen molar-refractivity contribution in [2.75, 3.05) is 0 Å². The van der Waals surface area contributed by atoms with Gasteiger partial charge in [-0.2, -0.15) is 0 Å². The average Bonchev–Trinajstić information content (AvgIpc) is 2.64. The molecule has 110 valence electrons. The smallest absolute Gasteiger partial charge is 0.330 e. The zero-order valence-corrected chi connectivity index (χ0v) is 12.3. The Bertz CT molecular complexity index is 483. The van der Waals surface area contributed by atoms with E-state index in [1.54, 1.807) is 0 Å². The first kappa shape index (κ1) is 13.7. The number of ether oxygens (including phenoxy) is 2. The van der Waals surface area contributed by atoms with Crippen LogP contribution in [-0.4, -0.2) is 24.1 Å². The van der Waals surface area contributed by atoms with Crippen molar-refractivity contribution >= 4 is 11.9 Å². The molecule has 4 aliphatic rings. The zero-order chi connectivity index (χ0) is 14.7. The molecule has 3 saturated carbocycles. The number of esters is 2. The Labute approximate surface area is 119 Å². The molecular formula is C16H22O4. The van der Waals surface area contributed by atoms with Crippen molar-refractivity contribution in [3.8, 4) is 0 Å². The Morgan fingerprint density at radius 3 is 2.80 bits per heavy atom. The third-order valence-corrected chi connectivity index (χ3v) is 5.95. The summed E-state index contributed by atoms with van der Waals surface area (Å²) in [6.45, 7) is 9.85. The molecule has 0 aromatic heterocycles. The monoisotopic (exact) mass is 278 g/mol. The van der Waals surface area contributed by atoms with Crippen LogP contribution in [0.25, 0.3) is 0 Å². The topological polar surface area (TPSA) is 52.6 Å². The van der Waals surface area contributed by atoms with Gasteiger partial charge >= 0.3 is 11.9 Å². The molecule has 0 amide bonds. The molecule has 4 fully saturated rings. The van der Waals surface area contributed by atoms with E-state index in [0.717, 1.165) is 19.3 Å². The maximum Gasteiger partial charge on any atom is 0.330 e. The number of hydrogen-bond donors (Lipinski definition) is 0. The Morgan fingerprint density at radius 2 is 2.20 bits per heavy atom. The van der Waals surface area contributed by atoms with Crippen LogP contribution in [0.2, 0.25) is 0 Å². The number of fused-ring (bicyclic) bond motifs is 1. The summed E-state index contributed by atoms with van der Waals surface area (Å²) >= 11 is 0. The van der Waals surface area contributed by atoms with Crippen molar-refractivity contribution in [1.29, 1.82) is 0 Å². The first-order valence-corrected chi connectivity index (χ1v) is 7.39. The molecule has 1 saturated heterocycles. The lowest BCUT2D eigenvalue weighted by atomic mass is 9.45. The van der Waals surface area contributed by atoms with Gasteiger partial charge in [0.15, 0.2) is 0 Å². The van der Waals surface area contributed by atoms with Crippen LogP contribution in [0.5, 0.6) is 0 Å². The van der Waals surface area contributed by atoms with E-state index in [9.17, 15) is 9.59 Å². The lowest BCUT2D eigenvalue weighted by Crippen LogP contribution is -2.63. The SMILES string of the molecule is C=CC(=O)OC1C2OC(=O)C3CC1(C)CCC32C(C)C. The molecule has 4 bridgehead atoms. The van der Waals surface area contributed by atoms with E-state index in [2.05, 4.69) is 27.4 Å². The zero-order valence-electron chi connectivity index (χ0n) is 12.3. The molecule has 0 N–H and O–H groups in total. The van der Waals surface area contributed by atoms with Crippen LogP contribution in [0.3, 0.4) is 0 Å². The highest BCUT2D eigenvalue weighted by atomic mass is 16.6. The van der Waals surface area contributed by atoms with E-state index < -0.39 is 5.97 Å². The molecule has 4 nitrogen and oxygen atoms in total. The average molecular weight is 278 g/mol. The standard InChI is InChI=1S/C16H22O4/c1-5-11(17)19-12-13-16(9(2)3)7-6-15(12,4)8-10(16)14(18)20-13/h5,9-10,12-13H,1,6-8H2,2-4H3. The van der Waals surface area contributed by atoms with E-state index in [0.29, 0.717) is 5.92 Å². The highest BCUT2D eigenvalue weighted by Gasteiger charge is 2.72. The summed E-state index contributed by atoms with van der Waals surface area (Å²) in [6.07, 6.45) is 3.26. The van der Waals surface area contributed by atoms with Gasteiger partial charge in [0.1, 0.15) is 12.2 Å². The van der Waals surface area contributed by atoms with Gasteiger partial charge in [0.05, 0.1) is 5.92 Å². The highest BCUT2D eigenvalue weighted by molar-refractivity contribution is 5.82. The predicted octanol–water partition coefficient (Wildman–Crippen LogP) is 2.47. The molecule has 3 aliphatic carbocycles. The third-order valence-electron chi connectivity index (χ3n) is 5.95. The van der Waals surface area contributed by atoms with Crippen molar-refractivity contribution in [1.82, 2.24) is 0 Å². The Hall–Kier alpha value is -1.32. The third kappa shape index (κ3) is 1.48. The van der Waals surface area contributed by atoms with Gasteiger partial charge in [-0.1, -0.05) is 27.4 Å². The second-order valence-corrected chi connectivity index (χ2v) is 7.10. The summed E-state index contributed by atoms with van der Waals surface area (Å²) in [5.41, 5.74) is -0.322. The van der Waals surface area contributed by atoms with Gasteiger partial charge in [-0.15, -0.1) is 0 Å². The summed E-state index contributed by atoms with van der Waals surface area (Å²) in [4.78, 5) is 23.9. The van der Waals surface area contributed by atoms with Crippen LogP contribution in [-0.2, 0) is 19.1 Å². The molecule has 0 aromatic rings. The quantitative estimate of drug-likeness (QED) is 0.588. The van der Waals surface area contributed by atoms with Crippen molar-refractivity contribution < 1.29 is 19.1 Å². The number of hydrogen-bond acceptors (Lipinski definition) is 4. The molecule has 5 atom stereocenters. The van der Waals surface area contributed by atoms with Crippen LogP contribution in [0.1, 0.15) is 40.0 Å². The minimum Gasteiger partial charge on any atom is -0.458 e. The molecule has 0 radical (unpaired) electrons. The van der Waals surface area contributed by atoms with Gasteiger partial charge in [-0.3, -0.25) is 4.79 Å². The van der Waals surface area contributed by atoms with Crippen molar-refractivity contribution in [2.45, 2.75) is 52.2 Å². The van der Waals surface area contributed by atoms with Gasteiger partial charge in [0.2, 0.25) is 0 Å². The summed E-state index contributed by atoms with van der Waals surface area (Å²) < 4.78 is 11.3. The van der Waals surface area contributed by atoms with Crippen LogP contribution < -0.4 is 0 Å². The minimum absolute atomic E-state index is 0.0371. The largest absolute Gasteiger partial charge is 0.458 e. The Kier molecular flexibility index (Phi) is 2.79. The Balaban J connectivity index is 2.03. The van der Waals surface area contributed by atoms with E-state index in [4.69, 9.17) is 9.47 Å². The van der Waals surface area contributed by atoms with Crippen LogP contribution in [0, 0.1) is 22.7 Å². The molecular weight excluding hydrogens is 256 g/mol. The Morgan fingerprint density at radius 1 is 1.50 bits per heavy atom. The van der Waals surface area contributed by atoms with Gasteiger partial charge < -0.3 is 9.47 Å². The van der Waals surface area contributed by atoms with Crippen LogP contribution in [0.4, 0.5) is 0 Å². The van der Waals surface area contributed by atoms with Crippen molar-refractivity contribution in [3.05, 3.63) is 12.7 Å². The second kappa shape index (κ2) is 4.09. The number of rotatable bonds is 3. The van der Waals surface area contributed by atoms with E-state index in [1.165, 1.54) is 6.08 Å². The summed E-state index contributed by atoms with van der Waals surface area (Å²) in [6, 6.07) is 0. The fourth-order valence-electron chi connectivity index (χ4n) is 4.76. The molecule has 20 heavy (non-hydrogen) atoms. The first-order valence-electron chi connectivity index (χ1n) is 7.39. The summed E-state index contributed by atoms with van der Waals surface area (Å²) in [5.74, 6) is -0.238. The predicted molar refractivity (Wildman–Crippen MR) is 72.7 cm³/mol. The number of carbonyl (C=O) groups excluding carboxylic acids is 2. The molecule has 0 aromatic carbocycles. The van der Waals surface area contributed by atoms with Crippen LogP contribution in [0.15, 0.2) is 12.7 Å². The summed E-state index contributed by atoms with van der Waals surface area (Å²) in [5, 5.41) is 0. The van der Waals surface area contributed by atoms with E-state index in [-0.39, 0.29) is 34.9 Å². The van der Waals surface area contributed by atoms with Gasteiger partial charge in [0.25, 0.3) is 0 Å². The molecule has 5 unspecified atom stereocenters. The van der Waals surface area contributed by atoms with E-state index >= 15 is 0 Å².